The Hall–Kier alpha value is -0.520. The smallest absolute Gasteiger partial charge is 0.0581 e. The van der Waals surface area contributed by atoms with E-state index in [-0.39, 0.29) is 10.8 Å². The second-order valence-corrected chi connectivity index (χ2v) is 6.62. The van der Waals surface area contributed by atoms with Crippen LogP contribution in [-0.4, -0.2) is 20.3 Å². The highest BCUT2D eigenvalue weighted by Gasteiger charge is 2.17. The van der Waals surface area contributed by atoms with Crippen LogP contribution in [-0.2, 0) is 6.54 Å². The maximum atomic E-state index is 5.58. The van der Waals surface area contributed by atoms with Crippen LogP contribution in [0, 0.1) is 0 Å². The van der Waals surface area contributed by atoms with Gasteiger partial charge in [0.05, 0.1) is 12.2 Å². The van der Waals surface area contributed by atoms with Crippen LogP contribution in [0.15, 0.2) is 12.4 Å². The first kappa shape index (κ1) is 13.5. The maximum absolute atomic E-state index is 5.58. The van der Waals surface area contributed by atoms with Gasteiger partial charge in [0.25, 0.3) is 0 Å². The van der Waals surface area contributed by atoms with E-state index >= 15 is 0 Å². The highest BCUT2D eigenvalue weighted by molar-refractivity contribution is 8.00. The molecule has 92 valence electrons. The molecule has 1 rings (SSSR count). The van der Waals surface area contributed by atoms with E-state index in [1.165, 1.54) is 0 Å². The summed E-state index contributed by atoms with van der Waals surface area (Å²) in [5.41, 5.74) is 4.01. The molecule has 0 saturated carbocycles. The predicted octanol–water partition coefficient (Wildman–Crippen LogP) is 1.94. The van der Waals surface area contributed by atoms with Crippen molar-refractivity contribution in [2.45, 2.75) is 45.0 Å². The van der Waals surface area contributed by atoms with Gasteiger partial charge in [-0.25, -0.2) is 0 Å². The molecule has 1 aromatic heterocycles. The Balaban J connectivity index is 2.60. The van der Waals surface area contributed by atoms with Crippen molar-refractivity contribution < 1.29 is 0 Å². The van der Waals surface area contributed by atoms with Crippen LogP contribution in [0.1, 0.15) is 39.3 Å². The van der Waals surface area contributed by atoms with Crippen molar-refractivity contribution in [3.8, 4) is 0 Å². The van der Waals surface area contributed by atoms with E-state index in [1.54, 1.807) is 0 Å². The fraction of sp³-hybridized carbons (Fsp3) is 0.727. The predicted molar refractivity (Wildman–Crippen MR) is 70.2 cm³/mol. The van der Waals surface area contributed by atoms with Gasteiger partial charge in [-0.15, -0.1) is 0 Å². The monoisotopic (exact) mass is 242 g/mol. The van der Waals surface area contributed by atoms with E-state index in [9.17, 15) is 0 Å². The second kappa shape index (κ2) is 5.70. The number of nitrogens with zero attached hydrogens (tertiary/aromatic N) is 2. The van der Waals surface area contributed by atoms with Gasteiger partial charge in [0.2, 0.25) is 0 Å². The first-order chi connectivity index (χ1) is 7.46. The van der Waals surface area contributed by atoms with Crippen LogP contribution in [0.5, 0.6) is 0 Å². The topological polar surface area (TPSA) is 55.9 Å². The van der Waals surface area contributed by atoms with Gasteiger partial charge in [0, 0.05) is 28.8 Å². The van der Waals surface area contributed by atoms with Gasteiger partial charge >= 0.3 is 0 Å². The Labute approximate surface area is 102 Å². The summed E-state index contributed by atoms with van der Waals surface area (Å²) in [5.74, 6) is 6.54. The second-order valence-electron chi connectivity index (χ2n) is 4.77. The Kier molecular flexibility index (Phi) is 4.83. The third-order valence-corrected chi connectivity index (χ3v) is 3.63. The minimum atomic E-state index is 0.171. The zero-order valence-electron chi connectivity index (χ0n) is 10.5. The molecule has 0 fully saturated rings. The number of hydrogen-bond donors (Lipinski definition) is 2. The molecule has 1 aromatic rings. The van der Waals surface area contributed by atoms with Crippen molar-refractivity contribution >= 4 is 11.8 Å². The zero-order valence-corrected chi connectivity index (χ0v) is 11.3. The molecule has 0 aliphatic rings. The molecule has 0 amide bonds. The van der Waals surface area contributed by atoms with Crippen LogP contribution < -0.4 is 11.3 Å². The number of aromatic nitrogens is 2. The summed E-state index contributed by atoms with van der Waals surface area (Å²) in [7, 11) is 0. The van der Waals surface area contributed by atoms with Gasteiger partial charge in [0.1, 0.15) is 0 Å². The Morgan fingerprint density at radius 1 is 1.56 bits per heavy atom. The minimum Gasteiger partial charge on any atom is -0.273 e. The first-order valence-electron chi connectivity index (χ1n) is 5.58. The fourth-order valence-corrected chi connectivity index (χ4v) is 2.26. The van der Waals surface area contributed by atoms with E-state index in [4.69, 9.17) is 5.84 Å². The fourth-order valence-electron chi connectivity index (χ4n) is 1.31. The van der Waals surface area contributed by atoms with E-state index in [2.05, 4.69) is 38.2 Å². The molecular weight excluding hydrogens is 220 g/mol. The van der Waals surface area contributed by atoms with Crippen LogP contribution in [0.4, 0.5) is 0 Å². The van der Waals surface area contributed by atoms with Gasteiger partial charge in [-0.05, 0) is 6.92 Å². The highest BCUT2D eigenvalue weighted by Crippen LogP contribution is 2.27. The summed E-state index contributed by atoms with van der Waals surface area (Å²) in [6.45, 7) is 9.59. The maximum Gasteiger partial charge on any atom is 0.0581 e. The third-order valence-electron chi connectivity index (χ3n) is 2.26. The molecule has 0 saturated heterocycles. The van der Waals surface area contributed by atoms with Gasteiger partial charge in [-0.1, -0.05) is 20.8 Å². The zero-order chi connectivity index (χ0) is 12.2. The molecule has 4 nitrogen and oxygen atoms in total. The minimum absolute atomic E-state index is 0.171. The number of hydrazine groups is 1. The van der Waals surface area contributed by atoms with E-state index < -0.39 is 0 Å². The van der Waals surface area contributed by atoms with Crippen molar-refractivity contribution in [1.29, 1.82) is 0 Å². The lowest BCUT2D eigenvalue weighted by Crippen LogP contribution is -2.30. The van der Waals surface area contributed by atoms with Gasteiger partial charge in [-0.2, -0.15) is 16.9 Å². The molecule has 0 spiro atoms. The van der Waals surface area contributed by atoms with Crippen molar-refractivity contribution in [1.82, 2.24) is 15.2 Å². The Bertz CT molecular complexity index is 316. The summed E-state index contributed by atoms with van der Waals surface area (Å²) in [5, 5.41) is 4.26. The normalized spacial score (nSPS) is 14.1. The molecule has 1 atom stereocenters. The average Bonchev–Trinajstić information content (AvgIpc) is 2.65. The molecule has 16 heavy (non-hydrogen) atoms. The summed E-state index contributed by atoms with van der Waals surface area (Å²) in [6, 6.07) is 0.171. The number of hydrogen-bond acceptors (Lipinski definition) is 4. The largest absolute Gasteiger partial charge is 0.273 e. The van der Waals surface area contributed by atoms with Crippen molar-refractivity contribution in [3.63, 3.8) is 0 Å². The summed E-state index contributed by atoms with van der Waals surface area (Å²) in [6.07, 6.45) is 3.94. The van der Waals surface area contributed by atoms with Crippen molar-refractivity contribution in [2.24, 2.45) is 5.84 Å². The molecule has 5 heteroatoms. The number of aryl methyl sites for hydroxylation is 1. The molecule has 0 aliphatic heterocycles. The molecule has 0 aliphatic carbocycles. The lowest BCUT2D eigenvalue weighted by molar-refractivity contribution is 0.604. The third kappa shape index (κ3) is 4.15. The lowest BCUT2D eigenvalue weighted by atomic mass is 10.2. The van der Waals surface area contributed by atoms with Crippen LogP contribution in [0.3, 0.4) is 0 Å². The van der Waals surface area contributed by atoms with Gasteiger partial charge in [-0.3, -0.25) is 16.0 Å². The molecule has 0 radical (unpaired) electrons. The van der Waals surface area contributed by atoms with Crippen LogP contribution >= 0.6 is 11.8 Å². The molecule has 1 heterocycles. The van der Waals surface area contributed by atoms with E-state index in [1.807, 2.05) is 28.8 Å². The van der Waals surface area contributed by atoms with Crippen molar-refractivity contribution in [3.05, 3.63) is 18.0 Å². The molecule has 3 N–H and O–H groups in total. The molecule has 0 aromatic carbocycles. The van der Waals surface area contributed by atoms with Crippen molar-refractivity contribution in [2.75, 3.05) is 5.75 Å². The number of thioether (sulfide) groups is 1. The van der Waals surface area contributed by atoms with Gasteiger partial charge < -0.3 is 0 Å². The first-order valence-corrected chi connectivity index (χ1v) is 6.57. The Morgan fingerprint density at radius 2 is 2.25 bits per heavy atom. The summed E-state index contributed by atoms with van der Waals surface area (Å²) in [4.78, 5) is 0. The SMILES string of the molecule is CCn1cc(C(CSC(C)(C)C)NN)cn1. The van der Waals surface area contributed by atoms with E-state index in [0.717, 1.165) is 17.9 Å². The summed E-state index contributed by atoms with van der Waals surface area (Å²) >= 11 is 1.90. The van der Waals surface area contributed by atoms with E-state index in [0.29, 0.717) is 0 Å². The average molecular weight is 242 g/mol. The number of rotatable bonds is 5. The number of nitrogens with two attached hydrogens (primary N) is 1. The van der Waals surface area contributed by atoms with Crippen LogP contribution in [0.25, 0.3) is 0 Å². The Morgan fingerprint density at radius 3 is 2.69 bits per heavy atom. The quantitative estimate of drug-likeness (QED) is 0.612. The standard InChI is InChI=1S/C11H22N4S/c1-5-15-7-9(6-13-15)10(14-12)8-16-11(2,3)4/h6-7,10,14H,5,8,12H2,1-4H3. The van der Waals surface area contributed by atoms with Gasteiger partial charge in [0.15, 0.2) is 0 Å². The summed E-state index contributed by atoms with van der Waals surface area (Å²) < 4.78 is 2.18. The molecule has 1 unspecified atom stereocenters. The molecule has 0 bridgehead atoms. The lowest BCUT2D eigenvalue weighted by Gasteiger charge is -2.21. The number of nitrogens with one attached hydrogen (secondary N) is 1. The highest BCUT2D eigenvalue weighted by atomic mass is 32.2. The van der Waals surface area contributed by atoms with Crippen LogP contribution in [0.2, 0.25) is 0 Å². The molecular formula is C11H22N4S.